The molecule has 18 heavy (non-hydrogen) atoms. The topological polar surface area (TPSA) is 38.0 Å². The number of hydrogen-bond acceptors (Lipinski definition) is 2. The molecule has 2 rings (SSSR count). The average Bonchev–Trinajstić information content (AvgIpc) is 2.30. The van der Waals surface area contributed by atoms with E-state index < -0.39 is 0 Å². The van der Waals surface area contributed by atoms with Crippen LogP contribution in [0.3, 0.4) is 0 Å². The first-order chi connectivity index (χ1) is 8.47. The smallest absolute Gasteiger partial charge is 0.146 e. The van der Waals surface area contributed by atoms with Crippen molar-refractivity contribution in [3.8, 4) is 0 Å². The van der Waals surface area contributed by atoms with Crippen molar-refractivity contribution in [2.75, 3.05) is 11.1 Å². The third-order valence-electron chi connectivity index (χ3n) is 2.54. The highest BCUT2D eigenvalue weighted by Gasteiger charge is 2.07. The van der Waals surface area contributed by atoms with Crippen LogP contribution in [0.4, 0.5) is 21.5 Å². The molecule has 0 bridgehead atoms. The zero-order valence-electron chi connectivity index (χ0n) is 9.60. The van der Waals surface area contributed by atoms with Crippen molar-refractivity contribution >= 4 is 44.6 Å². The molecule has 2 aromatic carbocycles. The lowest BCUT2D eigenvalue weighted by molar-refractivity contribution is 0.631. The van der Waals surface area contributed by atoms with Crippen LogP contribution in [0, 0.1) is 12.7 Å². The Labute approximate surface area is 118 Å². The molecule has 0 heterocycles. The third kappa shape index (κ3) is 2.76. The highest BCUT2D eigenvalue weighted by atomic mass is 79.9. The normalized spacial score (nSPS) is 10.4. The number of anilines is 3. The molecule has 2 aromatic rings. The van der Waals surface area contributed by atoms with Crippen molar-refractivity contribution in [2.24, 2.45) is 0 Å². The zero-order chi connectivity index (χ0) is 13.3. The first kappa shape index (κ1) is 13.2. The van der Waals surface area contributed by atoms with E-state index in [1.165, 1.54) is 6.07 Å². The van der Waals surface area contributed by atoms with Crippen LogP contribution in [0.2, 0.25) is 5.02 Å². The summed E-state index contributed by atoms with van der Waals surface area (Å²) >= 11 is 9.26. The fourth-order valence-corrected chi connectivity index (χ4v) is 2.10. The molecule has 0 atom stereocenters. The van der Waals surface area contributed by atoms with E-state index in [4.69, 9.17) is 17.3 Å². The number of benzene rings is 2. The van der Waals surface area contributed by atoms with Crippen LogP contribution < -0.4 is 11.1 Å². The molecule has 0 aliphatic rings. The molecule has 0 aromatic heterocycles. The lowest BCUT2D eigenvalue weighted by Gasteiger charge is -2.12. The molecule has 0 aliphatic carbocycles. The number of rotatable bonds is 2. The molecule has 0 aliphatic heterocycles. The average molecular weight is 330 g/mol. The van der Waals surface area contributed by atoms with Crippen LogP contribution in [0.25, 0.3) is 0 Å². The number of nitrogens with two attached hydrogens (primary N) is 1. The van der Waals surface area contributed by atoms with Gasteiger partial charge in [-0.05, 0) is 42.8 Å². The number of nitrogens with one attached hydrogen (secondary N) is 1. The van der Waals surface area contributed by atoms with E-state index >= 15 is 0 Å². The maximum Gasteiger partial charge on any atom is 0.146 e. The largest absolute Gasteiger partial charge is 0.398 e. The van der Waals surface area contributed by atoms with E-state index in [2.05, 4.69) is 21.2 Å². The van der Waals surface area contributed by atoms with Crippen LogP contribution in [0.1, 0.15) is 5.56 Å². The van der Waals surface area contributed by atoms with Gasteiger partial charge in [0.05, 0.1) is 16.4 Å². The second kappa shape index (κ2) is 5.16. The quantitative estimate of drug-likeness (QED) is 0.771. The van der Waals surface area contributed by atoms with E-state index in [1.54, 1.807) is 24.3 Å². The lowest BCUT2D eigenvalue weighted by atomic mass is 10.1. The van der Waals surface area contributed by atoms with Crippen molar-refractivity contribution in [3.05, 3.63) is 51.2 Å². The Hall–Kier alpha value is -1.26. The summed E-state index contributed by atoms with van der Waals surface area (Å²) in [6.45, 7) is 1.88. The second-order valence-corrected chi connectivity index (χ2v) is 5.26. The Morgan fingerprint density at radius 2 is 1.94 bits per heavy atom. The summed E-state index contributed by atoms with van der Waals surface area (Å²) in [5, 5.41) is 3.45. The van der Waals surface area contributed by atoms with E-state index in [0.717, 1.165) is 15.7 Å². The molecule has 3 N–H and O–H groups in total. The molecular weight excluding hydrogens is 319 g/mol. The summed E-state index contributed by atoms with van der Waals surface area (Å²) in [6.07, 6.45) is 0. The van der Waals surface area contributed by atoms with Crippen molar-refractivity contribution < 1.29 is 4.39 Å². The van der Waals surface area contributed by atoms with Crippen molar-refractivity contribution in [1.82, 2.24) is 0 Å². The van der Waals surface area contributed by atoms with Crippen LogP contribution >= 0.6 is 27.5 Å². The Bertz CT molecular complexity index is 602. The number of hydrogen-bond donors (Lipinski definition) is 2. The first-order valence-corrected chi connectivity index (χ1v) is 6.42. The van der Waals surface area contributed by atoms with Crippen molar-refractivity contribution in [2.45, 2.75) is 6.92 Å². The Balaban J connectivity index is 2.40. The number of aryl methyl sites for hydroxylation is 1. The molecule has 0 unspecified atom stereocenters. The predicted octanol–water partition coefficient (Wildman–Crippen LogP) is 4.88. The SMILES string of the molecule is Cc1cc(N)c(Cl)cc1Nc1cc(Br)ccc1F. The van der Waals surface area contributed by atoms with Gasteiger partial charge in [0.25, 0.3) is 0 Å². The minimum absolute atomic E-state index is 0.328. The highest BCUT2D eigenvalue weighted by molar-refractivity contribution is 9.10. The Morgan fingerprint density at radius 3 is 2.67 bits per heavy atom. The van der Waals surface area contributed by atoms with Gasteiger partial charge in [-0.2, -0.15) is 0 Å². The Morgan fingerprint density at radius 1 is 1.22 bits per heavy atom. The van der Waals surface area contributed by atoms with Crippen LogP contribution in [-0.4, -0.2) is 0 Å². The van der Waals surface area contributed by atoms with Gasteiger partial charge < -0.3 is 11.1 Å². The fraction of sp³-hybridized carbons (Fsp3) is 0.0769. The molecular formula is C13H11BrClFN2. The van der Waals surface area contributed by atoms with Gasteiger partial charge >= 0.3 is 0 Å². The molecule has 0 saturated heterocycles. The van der Waals surface area contributed by atoms with Gasteiger partial charge in [-0.15, -0.1) is 0 Å². The van der Waals surface area contributed by atoms with E-state index in [1.807, 2.05) is 6.92 Å². The minimum Gasteiger partial charge on any atom is -0.398 e. The summed E-state index contributed by atoms with van der Waals surface area (Å²) in [5.74, 6) is -0.328. The standard InChI is InChI=1S/C13H11BrClFN2/c1-7-4-11(17)9(15)6-12(7)18-13-5-8(14)2-3-10(13)16/h2-6,18H,17H2,1H3. The molecule has 0 radical (unpaired) electrons. The van der Waals surface area contributed by atoms with E-state index in [0.29, 0.717) is 16.4 Å². The molecule has 94 valence electrons. The van der Waals surface area contributed by atoms with Gasteiger partial charge in [0, 0.05) is 10.2 Å². The first-order valence-electron chi connectivity index (χ1n) is 5.25. The number of halogens is 3. The summed E-state index contributed by atoms with van der Waals surface area (Å²) in [7, 11) is 0. The Kier molecular flexibility index (Phi) is 3.78. The predicted molar refractivity (Wildman–Crippen MR) is 78.0 cm³/mol. The van der Waals surface area contributed by atoms with Gasteiger partial charge in [-0.1, -0.05) is 27.5 Å². The van der Waals surface area contributed by atoms with Gasteiger partial charge in [-0.25, -0.2) is 4.39 Å². The van der Waals surface area contributed by atoms with Crippen LogP contribution in [0.5, 0.6) is 0 Å². The zero-order valence-corrected chi connectivity index (χ0v) is 11.9. The van der Waals surface area contributed by atoms with E-state index in [9.17, 15) is 4.39 Å². The molecule has 0 amide bonds. The van der Waals surface area contributed by atoms with Gasteiger partial charge in [0.1, 0.15) is 5.82 Å². The van der Waals surface area contributed by atoms with E-state index in [-0.39, 0.29) is 5.82 Å². The second-order valence-electron chi connectivity index (χ2n) is 3.94. The summed E-state index contributed by atoms with van der Waals surface area (Å²) in [6, 6.07) is 8.14. The maximum absolute atomic E-state index is 13.6. The van der Waals surface area contributed by atoms with Crippen molar-refractivity contribution in [1.29, 1.82) is 0 Å². The van der Waals surface area contributed by atoms with Crippen LogP contribution in [0.15, 0.2) is 34.8 Å². The molecule has 0 fully saturated rings. The molecule has 2 nitrogen and oxygen atoms in total. The third-order valence-corrected chi connectivity index (χ3v) is 3.36. The summed E-state index contributed by atoms with van der Waals surface area (Å²) in [5.41, 5.74) is 8.21. The van der Waals surface area contributed by atoms with Gasteiger partial charge in [0.15, 0.2) is 0 Å². The fourth-order valence-electron chi connectivity index (χ4n) is 1.58. The molecule has 5 heteroatoms. The van der Waals surface area contributed by atoms with Gasteiger partial charge in [-0.3, -0.25) is 0 Å². The monoisotopic (exact) mass is 328 g/mol. The van der Waals surface area contributed by atoms with Crippen LogP contribution in [-0.2, 0) is 0 Å². The maximum atomic E-state index is 13.6. The minimum atomic E-state index is -0.328. The lowest BCUT2D eigenvalue weighted by Crippen LogP contribution is -1.98. The summed E-state index contributed by atoms with van der Waals surface area (Å²) in [4.78, 5) is 0. The van der Waals surface area contributed by atoms with Gasteiger partial charge in [0.2, 0.25) is 0 Å². The molecule has 0 saturated carbocycles. The molecule has 0 spiro atoms. The van der Waals surface area contributed by atoms with Crippen molar-refractivity contribution in [3.63, 3.8) is 0 Å². The highest BCUT2D eigenvalue weighted by Crippen LogP contribution is 2.30. The number of nitrogen functional groups attached to an aromatic ring is 1. The summed E-state index contributed by atoms with van der Waals surface area (Å²) < 4.78 is 14.4.